The first kappa shape index (κ1) is 17.9. The van der Waals surface area contributed by atoms with Gasteiger partial charge in [-0.15, -0.1) is 0 Å². The molecule has 0 aromatic heterocycles. The van der Waals surface area contributed by atoms with Gasteiger partial charge in [0, 0.05) is 0 Å². The van der Waals surface area contributed by atoms with Crippen molar-refractivity contribution < 1.29 is 24.2 Å². The second kappa shape index (κ2) is 7.58. The Labute approximate surface area is 151 Å². The number of ether oxygens (including phenoxy) is 2. The minimum atomic E-state index is -0.853. The van der Waals surface area contributed by atoms with Crippen molar-refractivity contribution in [3.63, 3.8) is 0 Å². The number of hydrogen-bond donors (Lipinski definition) is 2. The number of ketones is 1. The van der Waals surface area contributed by atoms with Crippen molar-refractivity contribution in [2.24, 2.45) is 0 Å². The van der Waals surface area contributed by atoms with Crippen LogP contribution in [0.2, 0.25) is 0 Å². The predicted molar refractivity (Wildman–Crippen MR) is 94.7 cm³/mol. The van der Waals surface area contributed by atoms with Gasteiger partial charge in [-0.05, 0) is 36.6 Å². The highest BCUT2D eigenvalue weighted by Crippen LogP contribution is 2.29. The number of carbonyl (C=O) groups is 2. The average Bonchev–Trinajstić information content (AvgIpc) is 3.40. The molecular formula is C20H21NO5. The lowest BCUT2D eigenvalue weighted by Crippen LogP contribution is -2.47. The number of rotatable bonds is 7. The van der Waals surface area contributed by atoms with Gasteiger partial charge in [-0.25, -0.2) is 4.79 Å². The number of nitrogens with one attached hydrogen (secondary N) is 1. The van der Waals surface area contributed by atoms with Crippen LogP contribution in [0.5, 0.6) is 5.75 Å². The SMILES string of the molecule is CC1(C(=O)[C@H](Cc2ccc(O)cc2)NC(=O)OCc2ccccc2)CO1. The number of epoxide rings is 1. The Morgan fingerprint density at radius 2 is 1.81 bits per heavy atom. The number of Topliss-reactive ketones (excluding diaryl/α,β-unsaturated/α-hetero) is 1. The van der Waals surface area contributed by atoms with Gasteiger partial charge in [0.1, 0.15) is 18.0 Å². The van der Waals surface area contributed by atoms with Crippen molar-refractivity contribution >= 4 is 11.9 Å². The summed E-state index contributed by atoms with van der Waals surface area (Å²) in [6.45, 7) is 2.18. The quantitative estimate of drug-likeness (QED) is 0.746. The summed E-state index contributed by atoms with van der Waals surface area (Å²) in [5.74, 6) is -0.0495. The molecule has 1 fully saturated rings. The molecule has 1 saturated heterocycles. The number of alkyl carbamates (subject to hydrolysis) is 1. The van der Waals surface area contributed by atoms with Crippen LogP contribution in [0.15, 0.2) is 54.6 Å². The molecule has 1 aliphatic heterocycles. The summed E-state index contributed by atoms with van der Waals surface area (Å²) in [6.07, 6.45) is -0.367. The molecular weight excluding hydrogens is 334 g/mol. The van der Waals surface area contributed by atoms with Gasteiger partial charge >= 0.3 is 6.09 Å². The maximum absolute atomic E-state index is 12.7. The summed E-state index contributed by atoms with van der Waals surface area (Å²) in [4.78, 5) is 24.8. The van der Waals surface area contributed by atoms with Crippen LogP contribution in [0.1, 0.15) is 18.1 Å². The van der Waals surface area contributed by atoms with Crippen molar-refractivity contribution in [3.05, 3.63) is 65.7 Å². The summed E-state index contributed by atoms with van der Waals surface area (Å²) < 4.78 is 10.4. The molecule has 2 atom stereocenters. The number of amides is 1. The fourth-order valence-electron chi connectivity index (χ4n) is 2.60. The second-order valence-corrected chi connectivity index (χ2v) is 6.51. The molecule has 136 valence electrons. The summed E-state index contributed by atoms with van der Waals surface area (Å²) >= 11 is 0. The van der Waals surface area contributed by atoms with Gasteiger partial charge in [0.2, 0.25) is 0 Å². The third-order valence-electron chi connectivity index (χ3n) is 4.30. The van der Waals surface area contributed by atoms with Crippen molar-refractivity contribution in [2.75, 3.05) is 6.61 Å². The van der Waals surface area contributed by atoms with Gasteiger partial charge in [-0.1, -0.05) is 42.5 Å². The van der Waals surface area contributed by atoms with Gasteiger partial charge in [0.25, 0.3) is 0 Å². The fourth-order valence-corrected chi connectivity index (χ4v) is 2.60. The van der Waals surface area contributed by atoms with E-state index >= 15 is 0 Å². The Balaban J connectivity index is 1.63. The number of benzene rings is 2. The van der Waals surface area contributed by atoms with Crippen molar-refractivity contribution in [3.8, 4) is 5.75 Å². The highest BCUT2D eigenvalue weighted by Gasteiger charge is 2.50. The van der Waals surface area contributed by atoms with Gasteiger partial charge < -0.3 is 19.9 Å². The molecule has 0 bridgehead atoms. The van der Waals surface area contributed by atoms with Crippen LogP contribution >= 0.6 is 0 Å². The third kappa shape index (κ3) is 4.61. The lowest BCUT2D eigenvalue weighted by molar-refractivity contribution is -0.125. The van der Waals surface area contributed by atoms with E-state index in [9.17, 15) is 14.7 Å². The zero-order chi connectivity index (χ0) is 18.6. The number of carbonyl (C=O) groups excluding carboxylic acids is 2. The van der Waals surface area contributed by atoms with E-state index in [4.69, 9.17) is 9.47 Å². The van der Waals surface area contributed by atoms with Gasteiger partial charge in [-0.3, -0.25) is 4.79 Å². The van der Waals surface area contributed by atoms with Crippen LogP contribution in [0, 0.1) is 0 Å². The Hall–Kier alpha value is -2.86. The normalized spacial score (nSPS) is 19.4. The number of aromatic hydroxyl groups is 1. The fraction of sp³-hybridized carbons (Fsp3) is 0.300. The molecule has 1 unspecified atom stereocenters. The lowest BCUT2D eigenvalue weighted by atomic mass is 9.95. The molecule has 1 heterocycles. The molecule has 2 N–H and O–H groups in total. The van der Waals surface area contributed by atoms with Gasteiger partial charge in [-0.2, -0.15) is 0 Å². The van der Waals surface area contributed by atoms with E-state index in [0.29, 0.717) is 13.0 Å². The smallest absolute Gasteiger partial charge is 0.408 e. The highest BCUT2D eigenvalue weighted by atomic mass is 16.6. The Kier molecular flexibility index (Phi) is 5.23. The Bertz CT molecular complexity index is 769. The van der Waals surface area contributed by atoms with Crippen LogP contribution < -0.4 is 5.32 Å². The molecule has 1 amide bonds. The first-order valence-electron chi connectivity index (χ1n) is 8.40. The maximum atomic E-state index is 12.7. The first-order chi connectivity index (χ1) is 12.5. The van der Waals surface area contributed by atoms with Crippen molar-refractivity contribution in [2.45, 2.75) is 31.6 Å². The van der Waals surface area contributed by atoms with E-state index in [-0.39, 0.29) is 18.1 Å². The molecule has 26 heavy (non-hydrogen) atoms. The summed E-state index contributed by atoms with van der Waals surface area (Å²) in [6, 6.07) is 15.0. The zero-order valence-corrected chi connectivity index (χ0v) is 14.5. The molecule has 0 saturated carbocycles. The molecule has 6 nitrogen and oxygen atoms in total. The minimum absolute atomic E-state index is 0.126. The van der Waals surface area contributed by atoms with Crippen molar-refractivity contribution in [1.29, 1.82) is 0 Å². The Morgan fingerprint density at radius 3 is 2.42 bits per heavy atom. The monoisotopic (exact) mass is 355 g/mol. The van der Waals surface area contributed by atoms with Crippen LogP contribution in [0.25, 0.3) is 0 Å². The molecule has 3 rings (SSSR count). The number of phenolic OH excluding ortho intramolecular Hbond substituents is 1. The van der Waals surface area contributed by atoms with Gasteiger partial charge in [0.15, 0.2) is 5.78 Å². The van der Waals surface area contributed by atoms with Crippen LogP contribution in [-0.4, -0.2) is 35.2 Å². The van der Waals surface area contributed by atoms with E-state index in [2.05, 4.69) is 5.32 Å². The topological polar surface area (TPSA) is 88.2 Å². The zero-order valence-electron chi connectivity index (χ0n) is 14.5. The maximum Gasteiger partial charge on any atom is 0.408 e. The Morgan fingerprint density at radius 1 is 1.15 bits per heavy atom. The molecule has 0 radical (unpaired) electrons. The first-order valence-corrected chi connectivity index (χ1v) is 8.40. The largest absolute Gasteiger partial charge is 0.508 e. The third-order valence-corrected chi connectivity index (χ3v) is 4.30. The summed E-state index contributed by atoms with van der Waals surface area (Å²) in [5.41, 5.74) is 0.823. The van der Waals surface area contributed by atoms with E-state index in [1.807, 2.05) is 30.3 Å². The average molecular weight is 355 g/mol. The molecule has 2 aromatic rings. The number of hydrogen-bond acceptors (Lipinski definition) is 5. The van der Waals surface area contributed by atoms with Crippen molar-refractivity contribution in [1.82, 2.24) is 5.32 Å². The van der Waals surface area contributed by atoms with E-state index < -0.39 is 17.7 Å². The van der Waals surface area contributed by atoms with Crippen LogP contribution in [0.3, 0.4) is 0 Å². The summed E-state index contributed by atoms with van der Waals surface area (Å²) in [5, 5.41) is 12.0. The lowest BCUT2D eigenvalue weighted by Gasteiger charge is -2.19. The van der Waals surface area contributed by atoms with E-state index in [1.54, 1.807) is 31.2 Å². The van der Waals surface area contributed by atoms with Crippen LogP contribution in [-0.2, 0) is 27.3 Å². The predicted octanol–water partition coefficient (Wildman–Crippen LogP) is 2.59. The highest BCUT2D eigenvalue weighted by molar-refractivity contribution is 5.96. The summed E-state index contributed by atoms with van der Waals surface area (Å²) in [7, 11) is 0. The standard InChI is InChI=1S/C20H21NO5/c1-20(13-26-20)18(23)17(11-14-7-9-16(22)10-8-14)21-19(24)25-12-15-5-3-2-4-6-15/h2-10,17,22H,11-13H2,1H3,(H,21,24)/t17-,20?/m0/s1. The van der Waals surface area contributed by atoms with Crippen LogP contribution in [0.4, 0.5) is 4.79 Å². The number of phenols is 1. The van der Waals surface area contributed by atoms with Gasteiger partial charge in [0.05, 0.1) is 12.6 Å². The minimum Gasteiger partial charge on any atom is -0.508 e. The molecule has 2 aromatic carbocycles. The second-order valence-electron chi connectivity index (χ2n) is 6.51. The van der Waals surface area contributed by atoms with E-state index in [0.717, 1.165) is 11.1 Å². The molecule has 6 heteroatoms. The van der Waals surface area contributed by atoms with E-state index in [1.165, 1.54) is 0 Å². The molecule has 0 aliphatic carbocycles. The molecule has 1 aliphatic rings. The molecule has 0 spiro atoms.